The van der Waals surface area contributed by atoms with Gasteiger partial charge >= 0.3 is 6.09 Å². The molecule has 5 heteroatoms. The third-order valence-corrected chi connectivity index (χ3v) is 0.723. The van der Waals surface area contributed by atoms with Crippen LogP contribution in [-0.4, -0.2) is 23.8 Å². The summed E-state index contributed by atoms with van der Waals surface area (Å²) in [6, 6.07) is -0.146. The summed E-state index contributed by atoms with van der Waals surface area (Å²) < 4.78 is 0. The van der Waals surface area contributed by atoms with Crippen LogP contribution in [-0.2, 0) is 0 Å². The van der Waals surface area contributed by atoms with Gasteiger partial charge in [0.2, 0.25) is 0 Å². The molecular weight excluding hydrogens is 144 g/mol. The number of rotatable bonds is 2. The van der Waals surface area contributed by atoms with Crippen molar-refractivity contribution >= 4 is 18.5 Å². The van der Waals surface area contributed by atoms with Gasteiger partial charge < -0.3 is 16.2 Å². The molecule has 0 heterocycles. The molecule has 0 fully saturated rings. The zero-order valence-corrected chi connectivity index (χ0v) is 5.94. The van der Waals surface area contributed by atoms with Crippen molar-refractivity contribution in [3.63, 3.8) is 0 Å². The molecule has 4 N–H and O–H groups in total. The first-order chi connectivity index (χ1) is 3.66. The van der Waals surface area contributed by atoms with Crippen molar-refractivity contribution in [2.75, 3.05) is 6.54 Å². The molecule has 0 aliphatic heterocycles. The molecule has 0 aliphatic rings. The third-order valence-electron chi connectivity index (χ3n) is 0.723. The van der Waals surface area contributed by atoms with Gasteiger partial charge in [-0.1, -0.05) is 0 Å². The van der Waals surface area contributed by atoms with Gasteiger partial charge in [-0.25, -0.2) is 4.79 Å². The zero-order chi connectivity index (χ0) is 6.57. The molecule has 0 aliphatic carbocycles. The summed E-state index contributed by atoms with van der Waals surface area (Å²) in [5.74, 6) is 0. The Morgan fingerprint density at radius 2 is 2.33 bits per heavy atom. The minimum Gasteiger partial charge on any atom is -0.465 e. The highest BCUT2D eigenvalue weighted by Crippen LogP contribution is 1.73. The van der Waals surface area contributed by atoms with E-state index in [0.717, 1.165) is 0 Å². The Balaban J connectivity index is 0. The molecule has 0 aromatic heterocycles. The first-order valence-electron chi connectivity index (χ1n) is 2.36. The zero-order valence-electron chi connectivity index (χ0n) is 5.13. The summed E-state index contributed by atoms with van der Waals surface area (Å²) in [7, 11) is 0. The van der Waals surface area contributed by atoms with Crippen molar-refractivity contribution in [3.05, 3.63) is 0 Å². The lowest BCUT2D eigenvalue weighted by Gasteiger charge is -2.05. The highest BCUT2D eigenvalue weighted by Gasteiger charge is 1.99. The quantitative estimate of drug-likeness (QED) is 0.525. The fraction of sp³-hybridized carbons (Fsp3) is 0.750. The van der Waals surface area contributed by atoms with Crippen LogP contribution in [0.3, 0.4) is 0 Å². The molecule has 0 unspecified atom stereocenters. The van der Waals surface area contributed by atoms with Crippen LogP contribution in [0.25, 0.3) is 0 Å². The Kier molecular flexibility index (Phi) is 7.12. The van der Waals surface area contributed by atoms with E-state index in [2.05, 4.69) is 5.32 Å². The molecule has 0 saturated carbocycles. The van der Waals surface area contributed by atoms with E-state index in [1.54, 1.807) is 6.92 Å². The summed E-state index contributed by atoms with van der Waals surface area (Å²) in [5.41, 5.74) is 5.09. The van der Waals surface area contributed by atoms with Crippen LogP contribution < -0.4 is 11.1 Å². The van der Waals surface area contributed by atoms with Crippen molar-refractivity contribution in [3.8, 4) is 0 Å². The Morgan fingerprint density at radius 3 is 2.44 bits per heavy atom. The van der Waals surface area contributed by atoms with E-state index in [9.17, 15) is 4.79 Å². The van der Waals surface area contributed by atoms with Gasteiger partial charge in [-0.3, -0.25) is 0 Å². The lowest BCUT2D eigenvalue weighted by Crippen LogP contribution is -2.36. The molecule has 0 aromatic carbocycles. The van der Waals surface area contributed by atoms with Gasteiger partial charge in [0.05, 0.1) is 0 Å². The van der Waals surface area contributed by atoms with Crippen molar-refractivity contribution in [2.24, 2.45) is 5.73 Å². The minimum atomic E-state index is -1.03. The van der Waals surface area contributed by atoms with E-state index in [-0.39, 0.29) is 18.4 Å². The molecule has 0 spiro atoms. The van der Waals surface area contributed by atoms with E-state index >= 15 is 0 Å². The minimum absolute atomic E-state index is 0. The summed E-state index contributed by atoms with van der Waals surface area (Å²) >= 11 is 0. The average Bonchev–Trinajstić information content (AvgIpc) is 1.65. The predicted octanol–water partition coefficient (Wildman–Crippen LogP) is 0.0230. The Hall–Kier alpha value is -0.480. The van der Waals surface area contributed by atoms with E-state index in [4.69, 9.17) is 10.8 Å². The average molecular weight is 155 g/mol. The van der Waals surface area contributed by atoms with Gasteiger partial charge in [0.25, 0.3) is 0 Å². The van der Waals surface area contributed by atoms with E-state index in [1.165, 1.54) is 0 Å². The first-order valence-corrected chi connectivity index (χ1v) is 2.36. The lowest BCUT2D eigenvalue weighted by molar-refractivity contribution is 0.191. The van der Waals surface area contributed by atoms with Crippen molar-refractivity contribution in [1.29, 1.82) is 0 Å². The normalized spacial score (nSPS) is 11.3. The SMILES string of the molecule is C[C@H](CN)NC(=O)O.Cl. The van der Waals surface area contributed by atoms with Crippen molar-refractivity contribution in [1.82, 2.24) is 5.32 Å². The molecule has 56 valence electrons. The molecular formula is C4H11ClN2O2. The third kappa shape index (κ3) is 7.52. The largest absolute Gasteiger partial charge is 0.465 e. The van der Waals surface area contributed by atoms with Crippen molar-refractivity contribution < 1.29 is 9.90 Å². The number of nitrogens with two attached hydrogens (primary N) is 1. The van der Waals surface area contributed by atoms with Gasteiger partial charge in [0.15, 0.2) is 0 Å². The number of amides is 1. The van der Waals surface area contributed by atoms with E-state index < -0.39 is 6.09 Å². The van der Waals surface area contributed by atoms with Crippen molar-refractivity contribution in [2.45, 2.75) is 13.0 Å². The molecule has 0 rings (SSSR count). The summed E-state index contributed by atoms with van der Waals surface area (Å²) in [5, 5.41) is 10.2. The van der Waals surface area contributed by atoms with Crippen LogP contribution in [0, 0.1) is 0 Å². The number of halogens is 1. The van der Waals surface area contributed by atoms with Crippen LogP contribution in [0.2, 0.25) is 0 Å². The molecule has 9 heavy (non-hydrogen) atoms. The fourth-order valence-corrected chi connectivity index (χ4v) is 0.270. The second-order valence-corrected chi connectivity index (χ2v) is 1.59. The van der Waals surface area contributed by atoms with Crippen LogP contribution in [0.15, 0.2) is 0 Å². The van der Waals surface area contributed by atoms with Crippen LogP contribution in [0.5, 0.6) is 0 Å². The number of hydrogen-bond donors (Lipinski definition) is 3. The van der Waals surface area contributed by atoms with Crippen LogP contribution in [0.1, 0.15) is 6.92 Å². The summed E-state index contributed by atoms with van der Waals surface area (Å²) in [6.45, 7) is 2.04. The predicted molar refractivity (Wildman–Crippen MR) is 36.9 cm³/mol. The van der Waals surface area contributed by atoms with Gasteiger partial charge in [-0.15, -0.1) is 12.4 Å². The van der Waals surface area contributed by atoms with Gasteiger partial charge in [0, 0.05) is 12.6 Å². The first kappa shape index (κ1) is 11.3. The van der Waals surface area contributed by atoms with E-state index in [0.29, 0.717) is 6.54 Å². The van der Waals surface area contributed by atoms with E-state index in [1.807, 2.05) is 0 Å². The number of nitrogens with one attached hydrogen (secondary N) is 1. The maximum absolute atomic E-state index is 9.80. The van der Waals surface area contributed by atoms with Crippen LogP contribution in [0.4, 0.5) is 4.79 Å². The molecule has 0 saturated heterocycles. The molecule has 0 aromatic rings. The summed E-state index contributed by atoms with van der Waals surface area (Å²) in [6.07, 6.45) is -1.03. The Morgan fingerprint density at radius 1 is 1.89 bits per heavy atom. The topological polar surface area (TPSA) is 75.3 Å². The number of carboxylic acid groups (broad SMARTS) is 1. The highest BCUT2D eigenvalue weighted by molar-refractivity contribution is 5.85. The van der Waals surface area contributed by atoms with Gasteiger partial charge in [0.1, 0.15) is 0 Å². The fourth-order valence-electron chi connectivity index (χ4n) is 0.270. The molecule has 0 bridgehead atoms. The second-order valence-electron chi connectivity index (χ2n) is 1.59. The number of carbonyl (C=O) groups is 1. The Bertz CT molecular complexity index is 88.6. The van der Waals surface area contributed by atoms with Gasteiger partial charge in [-0.05, 0) is 6.92 Å². The number of hydrogen-bond acceptors (Lipinski definition) is 2. The Labute approximate surface area is 59.8 Å². The smallest absolute Gasteiger partial charge is 0.404 e. The lowest BCUT2D eigenvalue weighted by atomic mass is 10.3. The molecule has 0 radical (unpaired) electrons. The standard InChI is InChI=1S/C4H10N2O2.ClH/c1-3(2-5)6-4(7)8;/h3,6H,2,5H2,1H3,(H,7,8);1H/t3-;/m1./s1. The van der Waals surface area contributed by atoms with Gasteiger partial charge in [-0.2, -0.15) is 0 Å². The maximum atomic E-state index is 9.80. The van der Waals surface area contributed by atoms with Crippen LogP contribution >= 0.6 is 12.4 Å². The summed E-state index contributed by atoms with van der Waals surface area (Å²) in [4.78, 5) is 9.80. The highest BCUT2D eigenvalue weighted by atomic mass is 35.5. The molecule has 1 atom stereocenters. The second kappa shape index (κ2) is 5.65. The maximum Gasteiger partial charge on any atom is 0.404 e. The molecule has 4 nitrogen and oxygen atoms in total. The molecule has 1 amide bonds. The monoisotopic (exact) mass is 154 g/mol.